The third-order valence-corrected chi connectivity index (χ3v) is 4.76. The van der Waals surface area contributed by atoms with E-state index in [-0.39, 0.29) is 18.9 Å². The Morgan fingerprint density at radius 1 is 1.08 bits per heavy atom. The van der Waals surface area contributed by atoms with E-state index in [9.17, 15) is 4.79 Å². The number of piperazine rings is 1. The zero-order chi connectivity index (χ0) is 18.4. The van der Waals surface area contributed by atoms with Gasteiger partial charge in [-0.1, -0.05) is 23.7 Å². The smallest absolute Gasteiger partial charge is 0.227 e. The summed E-state index contributed by atoms with van der Waals surface area (Å²) in [5.41, 5.74) is 1.99. The molecule has 0 spiro atoms. The molecular weight excluding hydrogens is 350 g/mol. The normalized spacial score (nSPS) is 14.9. The van der Waals surface area contributed by atoms with Crippen LogP contribution in [0.25, 0.3) is 0 Å². The van der Waals surface area contributed by atoms with E-state index >= 15 is 0 Å². The number of ether oxygens (including phenoxy) is 1. The van der Waals surface area contributed by atoms with E-state index in [4.69, 9.17) is 16.3 Å². The average Bonchev–Trinajstić information content (AvgIpc) is 2.65. The fourth-order valence-electron chi connectivity index (χ4n) is 2.86. The molecule has 0 saturated carbocycles. The number of carbonyl (C=O) groups is 1. The number of para-hydroxylation sites is 1. The number of hydrogen-bond acceptors (Lipinski definition) is 4. The van der Waals surface area contributed by atoms with Gasteiger partial charge >= 0.3 is 0 Å². The van der Waals surface area contributed by atoms with Gasteiger partial charge in [-0.05, 0) is 43.4 Å². The average molecular weight is 374 g/mol. The lowest BCUT2D eigenvalue weighted by Gasteiger charge is -2.34. The number of benzene rings is 2. The number of anilines is 2. The Labute approximate surface area is 159 Å². The number of likely N-dealkylation sites (N-methyl/N-ethyl adjacent to an activating group) is 1. The third kappa shape index (κ3) is 5.13. The first kappa shape index (κ1) is 18.5. The highest BCUT2D eigenvalue weighted by atomic mass is 35.5. The van der Waals surface area contributed by atoms with E-state index in [1.807, 2.05) is 24.3 Å². The Kier molecular flexibility index (Phi) is 6.36. The van der Waals surface area contributed by atoms with Crippen molar-refractivity contribution in [3.63, 3.8) is 0 Å². The minimum atomic E-state index is -0.0793. The molecule has 1 aliphatic rings. The molecule has 3 rings (SSSR count). The van der Waals surface area contributed by atoms with Crippen LogP contribution in [0.3, 0.4) is 0 Å². The van der Waals surface area contributed by atoms with Gasteiger partial charge in [0, 0.05) is 37.6 Å². The summed E-state index contributed by atoms with van der Waals surface area (Å²) >= 11 is 6.02. The van der Waals surface area contributed by atoms with E-state index in [0.717, 1.165) is 31.9 Å². The molecule has 0 aliphatic carbocycles. The van der Waals surface area contributed by atoms with E-state index in [1.54, 1.807) is 12.1 Å². The summed E-state index contributed by atoms with van der Waals surface area (Å²) in [6.45, 7) is 4.49. The molecule has 0 aromatic heterocycles. The van der Waals surface area contributed by atoms with Crippen LogP contribution in [0.5, 0.6) is 5.75 Å². The van der Waals surface area contributed by atoms with Crippen molar-refractivity contribution in [2.75, 3.05) is 50.1 Å². The van der Waals surface area contributed by atoms with Crippen molar-refractivity contribution in [3.8, 4) is 5.75 Å². The largest absolute Gasteiger partial charge is 0.491 e. The number of nitrogens with zero attached hydrogens (tertiary/aromatic N) is 2. The quantitative estimate of drug-likeness (QED) is 0.841. The molecule has 0 radical (unpaired) electrons. The molecule has 1 heterocycles. The molecule has 1 fully saturated rings. The zero-order valence-corrected chi connectivity index (χ0v) is 15.7. The molecule has 2 aromatic rings. The van der Waals surface area contributed by atoms with E-state index in [2.05, 4.69) is 34.3 Å². The number of amides is 1. The van der Waals surface area contributed by atoms with E-state index in [0.29, 0.717) is 10.8 Å². The maximum atomic E-state index is 12.1. The second kappa shape index (κ2) is 8.92. The van der Waals surface area contributed by atoms with Crippen molar-refractivity contribution in [1.82, 2.24) is 4.90 Å². The Morgan fingerprint density at radius 3 is 2.46 bits per heavy atom. The summed E-state index contributed by atoms with van der Waals surface area (Å²) in [5, 5.41) is 3.45. The van der Waals surface area contributed by atoms with Crippen LogP contribution in [-0.2, 0) is 4.79 Å². The summed E-state index contributed by atoms with van der Waals surface area (Å²) in [6, 6.07) is 15.2. The molecule has 5 nitrogen and oxygen atoms in total. The molecule has 1 saturated heterocycles. The molecule has 0 atom stereocenters. The highest BCUT2D eigenvalue weighted by molar-refractivity contribution is 6.32. The van der Waals surface area contributed by atoms with Gasteiger partial charge in [-0.25, -0.2) is 0 Å². The van der Waals surface area contributed by atoms with Crippen molar-refractivity contribution >= 4 is 28.9 Å². The highest BCUT2D eigenvalue weighted by Gasteiger charge is 2.14. The van der Waals surface area contributed by atoms with Crippen molar-refractivity contribution in [2.45, 2.75) is 6.42 Å². The van der Waals surface area contributed by atoms with Gasteiger partial charge in [-0.15, -0.1) is 0 Å². The number of nitrogens with one attached hydrogen (secondary N) is 1. The molecule has 1 N–H and O–H groups in total. The summed E-state index contributed by atoms with van der Waals surface area (Å²) in [7, 11) is 2.14. The predicted molar refractivity (Wildman–Crippen MR) is 106 cm³/mol. The second-order valence-electron chi connectivity index (χ2n) is 6.41. The van der Waals surface area contributed by atoms with Gasteiger partial charge < -0.3 is 19.9 Å². The van der Waals surface area contributed by atoms with Crippen LogP contribution < -0.4 is 15.0 Å². The molecule has 26 heavy (non-hydrogen) atoms. The van der Waals surface area contributed by atoms with E-state index in [1.165, 1.54) is 5.69 Å². The van der Waals surface area contributed by atoms with Crippen molar-refractivity contribution in [3.05, 3.63) is 53.6 Å². The minimum Gasteiger partial charge on any atom is -0.491 e. The van der Waals surface area contributed by atoms with Crippen LogP contribution in [0.1, 0.15) is 6.42 Å². The molecule has 138 valence electrons. The minimum absolute atomic E-state index is 0.0793. The topological polar surface area (TPSA) is 44.8 Å². The Morgan fingerprint density at radius 2 is 1.77 bits per heavy atom. The van der Waals surface area contributed by atoms with Gasteiger partial charge in [0.2, 0.25) is 5.91 Å². The fourth-order valence-corrected chi connectivity index (χ4v) is 3.05. The predicted octanol–water partition coefficient (Wildman–Crippen LogP) is 3.50. The summed E-state index contributed by atoms with van der Waals surface area (Å²) < 4.78 is 5.55. The number of rotatable bonds is 6. The monoisotopic (exact) mass is 373 g/mol. The number of halogens is 1. The Bertz CT molecular complexity index is 728. The maximum Gasteiger partial charge on any atom is 0.227 e. The lowest BCUT2D eigenvalue weighted by Crippen LogP contribution is -2.44. The third-order valence-electron chi connectivity index (χ3n) is 4.44. The van der Waals surface area contributed by atoms with Gasteiger partial charge in [0.15, 0.2) is 0 Å². The number of hydrogen-bond donors (Lipinski definition) is 1. The second-order valence-corrected chi connectivity index (χ2v) is 6.82. The van der Waals surface area contributed by atoms with Gasteiger partial charge in [0.25, 0.3) is 0 Å². The maximum absolute atomic E-state index is 12.1. The number of carbonyl (C=O) groups excluding carboxylic acids is 1. The van der Waals surface area contributed by atoms with Gasteiger partial charge in [-0.2, -0.15) is 0 Å². The van der Waals surface area contributed by atoms with Gasteiger partial charge in [0.05, 0.1) is 18.1 Å². The van der Waals surface area contributed by atoms with Crippen molar-refractivity contribution < 1.29 is 9.53 Å². The molecule has 1 aliphatic heterocycles. The van der Waals surface area contributed by atoms with Crippen LogP contribution in [0.2, 0.25) is 5.02 Å². The van der Waals surface area contributed by atoms with Gasteiger partial charge in [-0.3, -0.25) is 4.79 Å². The molecule has 2 aromatic carbocycles. The van der Waals surface area contributed by atoms with Crippen LogP contribution in [-0.4, -0.2) is 50.6 Å². The fraction of sp³-hybridized carbons (Fsp3) is 0.350. The molecule has 0 unspecified atom stereocenters. The van der Waals surface area contributed by atoms with Crippen LogP contribution in [0.15, 0.2) is 48.5 Å². The van der Waals surface area contributed by atoms with Crippen LogP contribution >= 0.6 is 11.6 Å². The molecular formula is C20H24ClN3O2. The van der Waals surface area contributed by atoms with Gasteiger partial charge in [0.1, 0.15) is 5.75 Å². The molecule has 6 heteroatoms. The van der Waals surface area contributed by atoms with Crippen LogP contribution in [0, 0.1) is 0 Å². The first-order chi connectivity index (χ1) is 12.6. The SMILES string of the molecule is CN1CCN(c2ccc(NC(=O)CCOc3ccccc3Cl)cc2)CC1. The summed E-state index contributed by atoms with van der Waals surface area (Å²) in [6.07, 6.45) is 0.269. The zero-order valence-electron chi connectivity index (χ0n) is 15.0. The van der Waals surface area contributed by atoms with Crippen molar-refractivity contribution in [2.24, 2.45) is 0 Å². The van der Waals surface area contributed by atoms with Crippen LogP contribution in [0.4, 0.5) is 11.4 Å². The van der Waals surface area contributed by atoms with E-state index < -0.39 is 0 Å². The van der Waals surface area contributed by atoms with Crippen molar-refractivity contribution in [1.29, 1.82) is 0 Å². The lowest BCUT2D eigenvalue weighted by atomic mass is 10.2. The Hall–Kier alpha value is -2.24. The Balaban J connectivity index is 1.45. The first-order valence-corrected chi connectivity index (χ1v) is 9.20. The summed E-state index contributed by atoms with van der Waals surface area (Å²) in [4.78, 5) is 16.8. The standard InChI is InChI=1S/C20H24ClN3O2/c1-23-11-13-24(14-12-23)17-8-6-16(7-9-17)22-20(25)10-15-26-19-5-3-2-4-18(19)21/h2-9H,10-15H2,1H3,(H,22,25). The highest BCUT2D eigenvalue weighted by Crippen LogP contribution is 2.23. The molecule has 0 bridgehead atoms. The first-order valence-electron chi connectivity index (χ1n) is 8.82. The molecule has 1 amide bonds. The summed E-state index contributed by atoms with van der Waals surface area (Å²) in [5.74, 6) is 0.517. The lowest BCUT2D eigenvalue weighted by molar-refractivity contribution is -0.116.